The van der Waals surface area contributed by atoms with Gasteiger partial charge in [0.2, 0.25) is 5.88 Å². The summed E-state index contributed by atoms with van der Waals surface area (Å²) in [5.74, 6) is 1.30. The van der Waals surface area contributed by atoms with Crippen molar-refractivity contribution in [1.29, 1.82) is 0 Å². The molecule has 0 saturated heterocycles. The highest BCUT2D eigenvalue weighted by Crippen LogP contribution is 2.34. The Labute approximate surface area is 120 Å². The lowest BCUT2D eigenvalue weighted by molar-refractivity contribution is 0.437. The number of aromatic nitrogens is 2. The van der Waals surface area contributed by atoms with Crippen molar-refractivity contribution in [3.05, 3.63) is 47.4 Å². The van der Waals surface area contributed by atoms with Crippen LogP contribution in [-0.4, -0.2) is 9.97 Å². The predicted octanol–water partition coefficient (Wildman–Crippen LogP) is 3.33. The van der Waals surface area contributed by atoms with Crippen molar-refractivity contribution < 1.29 is 4.74 Å². The van der Waals surface area contributed by atoms with E-state index in [0.29, 0.717) is 12.4 Å². The van der Waals surface area contributed by atoms with Crippen LogP contribution in [-0.2, 0) is 12.0 Å². The van der Waals surface area contributed by atoms with Crippen LogP contribution in [0.5, 0.6) is 11.6 Å². The number of hydrogen-bond donors (Lipinski definition) is 1. The van der Waals surface area contributed by atoms with E-state index >= 15 is 0 Å². The van der Waals surface area contributed by atoms with Crippen LogP contribution in [0.4, 0.5) is 0 Å². The van der Waals surface area contributed by atoms with Gasteiger partial charge in [0.15, 0.2) is 0 Å². The molecule has 0 radical (unpaired) electrons. The molecular formula is C16H21N3O. The monoisotopic (exact) mass is 271 g/mol. The normalized spacial score (nSPS) is 11.4. The Morgan fingerprint density at radius 3 is 2.45 bits per heavy atom. The zero-order valence-electron chi connectivity index (χ0n) is 12.5. The van der Waals surface area contributed by atoms with E-state index in [9.17, 15) is 0 Å². The molecule has 0 spiro atoms. The molecule has 1 aromatic heterocycles. The number of hydrogen-bond acceptors (Lipinski definition) is 4. The van der Waals surface area contributed by atoms with Crippen molar-refractivity contribution in [2.75, 3.05) is 0 Å². The Balaban J connectivity index is 2.32. The van der Waals surface area contributed by atoms with Crippen molar-refractivity contribution in [3.8, 4) is 11.6 Å². The maximum Gasteiger partial charge on any atom is 0.237 e. The number of rotatable bonds is 3. The first-order valence-corrected chi connectivity index (χ1v) is 6.70. The van der Waals surface area contributed by atoms with Crippen LogP contribution in [0.2, 0.25) is 0 Å². The second-order valence-corrected chi connectivity index (χ2v) is 5.90. The molecule has 0 aliphatic carbocycles. The molecule has 4 heteroatoms. The van der Waals surface area contributed by atoms with E-state index < -0.39 is 0 Å². The fraction of sp³-hybridized carbons (Fsp3) is 0.375. The smallest absolute Gasteiger partial charge is 0.237 e. The molecule has 0 saturated carbocycles. The Bertz CT molecular complexity index is 586. The summed E-state index contributed by atoms with van der Waals surface area (Å²) in [5, 5.41) is 0. The minimum atomic E-state index is 0.00593. The molecule has 0 aliphatic heterocycles. The van der Waals surface area contributed by atoms with Crippen molar-refractivity contribution >= 4 is 0 Å². The van der Waals surface area contributed by atoms with Crippen LogP contribution in [0.3, 0.4) is 0 Å². The van der Waals surface area contributed by atoms with Gasteiger partial charge in [-0.15, -0.1) is 0 Å². The molecule has 0 bridgehead atoms. The zero-order valence-corrected chi connectivity index (χ0v) is 12.5. The summed E-state index contributed by atoms with van der Waals surface area (Å²) in [4.78, 5) is 8.42. The van der Waals surface area contributed by atoms with E-state index in [2.05, 4.69) is 43.7 Å². The van der Waals surface area contributed by atoms with Crippen molar-refractivity contribution in [3.63, 3.8) is 0 Å². The summed E-state index contributed by atoms with van der Waals surface area (Å²) in [6, 6.07) is 6.16. The van der Waals surface area contributed by atoms with Crippen LogP contribution < -0.4 is 10.5 Å². The molecule has 1 heterocycles. The van der Waals surface area contributed by atoms with Gasteiger partial charge in [-0.3, -0.25) is 4.98 Å². The van der Waals surface area contributed by atoms with Crippen LogP contribution in [0, 0.1) is 6.92 Å². The van der Waals surface area contributed by atoms with Crippen LogP contribution in [0.15, 0.2) is 30.6 Å². The molecule has 0 aliphatic rings. The fourth-order valence-electron chi connectivity index (χ4n) is 1.93. The summed E-state index contributed by atoms with van der Waals surface area (Å²) in [5.41, 5.74) is 8.63. The Morgan fingerprint density at radius 1 is 1.15 bits per heavy atom. The summed E-state index contributed by atoms with van der Waals surface area (Å²) >= 11 is 0. The standard InChI is InChI=1S/C16H21N3O/c1-11-5-6-14(13(7-11)16(2,3)4)20-15-10-18-12(8-17)9-19-15/h5-7,9-10H,8,17H2,1-4H3. The zero-order chi connectivity index (χ0) is 14.8. The molecule has 1 aromatic carbocycles. The molecular weight excluding hydrogens is 250 g/mol. The number of nitrogens with two attached hydrogens (primary N) is 1. The number of ether oxygens (including phenoxy) is 1. The van der Waals surface area contributed by atoms with Gasteiger partial charge in [-0.25, -0.2) is 4.98 Å². The van der Waals surface area contributed by atoms with Crippen molar-refractivity contribution in [1.82, 2.24) is 9.97 Å². The first kappa shape index (κ1) is 14.5. The van der Waals surface area contributed by atoms with E-state index in [0.717, 1.165) is 17.0 Å². The fourth-order valence-corrected chi connectivity index (χ4v) is 1.93. The highest BCUT2D eigenvalue weighted by molar-refractivity contribution is 5.42. The van der Waals surface area contributed by atoms with Gasteiger partial charge in [0, 0.05) is 12.1 Å². The molecule has 0 amide bonds. The van der Waals surface area contributed by atoms with Gasteiger partial charge in [0.05, 0.1) is 18.1 Å². The summed E-state index contributed by atoms with van der Waals surface area (Å²) in [6.07, 6.45) is 3.24. The van der Waals surface area contributed by atoms with Crippen molar-refractivity contribution in [2.45, 2.75) is 39.7 Å². The van der Waals surface area contributed by atoms with E-state index in [1.807, 2.05) is 12.1 Å². The molecule has 4 nitrogen and oxygen atoms in total. The molecule has 20 heavy (non-hydrogen) atoms. The maximum atomic E-state index is 5.88. The average molecular weight is 271 g/mol. The Morgan fingerprint density at radius 2 is 1.90 bits per heavy atom. The van der Waals surface area contributed by atoms with Gasteiger partial charge in [0.1, 0.15) is 5.75 Å². The summed E-state index contributed by atoms with van der Waals surface area (Å²) in [6.45, 7) is 8.95. The van der Waals surface area contributed by atoms with Gasteiger partial charge in [-0.2, -0.15) is 0 Å². The van der Waals surface area contributed by atoms with Gasteiger partial charge in [0.25, 0.3) is 0 Å². The van der Waals surface area contributed by atoms with Gasteiger partial charge < -0.3 is 10.5 Å². The number of benzene rings is 1. The second-order valence-electron chi connectivity index (χ2n) is 5.90. The summed E-state index contributed by atoms with van der Waals surface area (Å²) in [7, 11) is 0. The highest BCUT2D eigenvalue weighted by atomic mass is 16.5. The highest BCUT2D eigenvalue weighted by Gasteiger charge is 2.19. The Kier molecular flexibility index (Phi) is 4.04. The SMILES string of the molecule is Cc1ccc(Oc2cnc(CN)cn2)c(C(C)(C)C)c1. The van der Waals surface area contributed by atoms with Gasteiger partial charge >= 0.3 is 0 Å². The molecule has 0 fully saturated rings. The predicted molar refractivity (Wildman–Crippen MR) is 79.9 cm³/mol. The average Bonchev–Trinajstić information content (AvgIpc) is 2.40. The molecule has 2 rings (SSSR count). The van der Waals surface area contributed by atoms with E-state index in [1.54, 1.807) is 12.4 Å². The maximum absolute atomic E-state index is 5.88. The number of nitrogens with zero attached hydrogens (tertiary/aromatic N) is 2. The lowest BCUT2D eigenvalue weighted by atomic mass is 9.85. The quantitative estimate of drug-likeness (QED) is 0.930. The minimum absolute atomic E-state index is 0.00593. The third-order valence-electron chi connectivity index (χ3n) is 3.05. The molecule has 2 aromatic rings. The minimum Gasteiger partial charge on any atom is -0.437 e. The second kappa shape index (κ2) is 5.59. The number of aryl methyl sites for hydroxylation is 1. The molecule has 106 valence electrons. The van der Waals surface area contributed by atoms with Crippen LogP contribution >= 0.6 is 0 Å². The lowest BCUT2D eigenvalue weighted by Gasteiger charge is -2.23. The van der Waals surface area contributed by atoms with Crippen LogP contribution in [0.1, 0.15) is 37.6 Å². The third kappa shape index (κ3) is 3.33. The largest absolute Gasteiger partial charge is 0.437 e. The molecule has 2 N–H and O–H groups in total. The van der Waals surface area contributed by atoms with Crippen molar-refractivity contribution in [2.24, 2.45) is 5.73 Å². The molecule has 0 unspecified atom stereocenters. The van der Waals surface area contributed by atoms with E-state index in [4.69, 9.17) is 10.5 Å². The first-order valence-electron chi connectivity index (χ1n) is 6.70. The summed E-state index contributed by atoms with van der Waals surface area (Å²) < 4.78 is 5.88. The lowest BCUT2D eigenvalue weighted by Crippen LogP contribution is -2.13. The third-order valence-corrected chi connectivity index (χ3v) is 3.05. The molecule has 0 atom stereocenters. The van der Waals surface area contributed by atoms with E-state index in [-0.39, 0.29) is 5.41 Å². The van der Waals surface area contributed by atoms with E-state index in [1.165, 1.54) is 5.56 Å². The van der Waals surface area contributed by atoms with Gasteiger partial charge in [-0.05, 0) is 18.4 Å². The Hall–Kier alpha value is -1.94. The first-order chi connectivity index (χ1) is 9.40. The topological polar surface area (TPSA) is 61.0 Å². The van der Waals surface area contributed by atoms with Gasteiger partial charge in [-0.1, -0.05) is 38.5 Å². The van der Waals surface area contributed by atoms with Crippen LogP contribution in [0.25, 0.3) is 0 Å².